The number of aromatic nitrogens is 3. The van der Waals surface area contributed by atoms with E-state index in [1.807, 2.05) is 40.7 Å². The molecule has 9 nitrogen and oxygen atoms in total. The Kier molecular flexibility index (Phi) is 7.17. The molecular weight excluding hydrogens is 502 g/mol. The number of aliphatic carboxylic acids is 1. The molecule has 2 aromatic heterocycles. The molecule has 1 N–H and O–H groups in total. The normalized spacial score (nSPS) is 17.2. The highest BCUT2D eigenvalue weighted by Gasteiger charge is 2.31. The standard InChI is InChI=1S/C25H26ClN5O4S/c1-15-28-29-24-20(7-9-22(33)34)27-23(17-4-2-3-5-19(17)26)18-14-16(36-25(18)31(15)24)6-8-21(32)30-10-12-35-13-11-30/h2-5,14,20H,6-13H2,1H3,(H,33,34). The lowest BCUT2D eigenvalue weighted by Gasteiger charge is -2.26. The van der Waals surface area contributed by atoms with Gasteiger partial charge in [-0.1, -0.05) is 29.8 Å². The molecule has 0 bridgehead atoms. The number of carboxylic acids is 1. The van der Waals surface area contributed by atoms with Crippen LogP contribution in [0.3, 0.4) is 0 Å². The van der Waals surface area contributed by atoms with Crippen LogP contribution >= 0.6 is 22.9 Å². The van der Waals surface area contributed by atoms with Crippen molar-refractivity contribution in [2.45, 2.75) is 38.6 Å². The molecule has 5 rings (SSSR count). The molecule has 1 amide bonds. The zero-order valence-corrected chi connectivity index (χ0v) is 21.4. The van der Waals surface area contributed by atoms with Crippen LogP contribution in [0, 0.1) is 6.92 Å². The summed E-state index contributed by atoms with van der Waals surface area (Å²) in [4.78, 5) is 32.0. The number of carbonyl (C=O) groups excluding carboxylic acids is 1. The molecule has 1 saturated heterocycles. The second-order valence-electron chi connectivity index (χ2n) is 8.77. The highest BCUT2D eigenvalue weighted by atomic mass is 35.5. The summed E-state index contributed by atoms with van der Waals surface area (Å²) in [5.74, 6) is 0.533. The number of aryl methyl sites for hydroxylation is 2. The van der Waals surface area contributed by atoms with Gasteiger partial charge in [-0.3, -0.25) is 19.1 Å². The minimum atomic E-state index is -0.890. The number of hydrogen-bond donors (Lipinski definition) is 1. The first-order valence-electron chi connectivity index (χ1n) is 11.9. The highest BCUT2D eigenvalue weighted by molar-refractivity contribution is 7.15. The third-order valence-corrected chi connectivity index (χ3v) is 7.87. The van der Waals surface area contributed by atoms with Crippen molar-refractivity contribution < 1.29 is 19.4 Å². The lowest BCUT2D eigenvalue weighted by molar-refractivity contribution is -0.137. The van der Waals surface area contributed by atoms with Gasteiger partial charge in [0.25, 0.3) is 0 Å². The Morgan fingerprint density at radius 3 is 2.69 bits per heavy atom. The molecule has 3 aromatic rings. The summed E-state index contributed by atoms with van der Waals surface area (Å²) in [5, 5.41) is 19.4. The Labute approximate surface area is 217 Å². The summed E-state index contributed by atoms with van der Waals surface area (Å²) < 4.78 is 7.32. The molecule has 4 heterocycles. The van der Waals surface area contributed by atoms with E-state index in [0.717, 1.165) is 21.0 Å². The number of rotatable bonds is 7. The zero-order valence-electron chi connectivity index (χ0n) is 19.8. The third-order valence-electron chi connectivity index (χ3n) is 6.36. The van der Waals surface area contributed by atoms with Gasteiger partial charge in [-0.2, -0.15) is 0 Å². The van der Waals surface area contributed by atoms with E-state index in [-0.39, 0.29) is 18.7 Å². The van der Waals surface area contributed by atoms with Crippen LogP contribution in [0.2, 0.25) is 5.02 Å². The van der Waals surface area contributed by atoms with Crippen LogP contribution in [0.25, 0.3) is 5.00 Å². The van der Waals surface area contributed by atoms with Crippen molar-refractivity contribution in [3.05, 3.63) is 63.0 Å². The van der Waals surface area contributed by atoms with Gasteiger partial charge in [0.1, 0.15) is 16.9 Å². The average Bonchev–Trinajstić information content (AvgIpc) is 3.43. The molecule has 1 unspecified atom stereocenters. The van der Waals surface area contributed by atoms with Crippen molar-refractivity contribution in [3.63, 3.8) is 0 Å². The fourth-order valence-corrected chi connectivity index (χ4v) is 5.98. The highest BCUT2D eigenvalue weighted by Crippen LogP contribution is 2.38. The van der Waals surface area contributed by atoms with Gasteiger partial charge in [0, 0.05) is 47.0 Å². The molecule has 2 aliphatic heterocycles. The number of carboxylic acid groups (broad SMARTS) is 1. The quantitative estimate of drug-likeness (QED) is 0.500. The van der Waals surface area contributed by atoms with Crippen molar-refractivity contribution in [1.29, 1.82) is 0 Å². The Balaban J connectivity index is 1.54. The first kappa shape index (κ1) is 24.6. The molecule has 11 heteroatoms. The van der Waals surface area contributed by atoms with E-state index in [9.17, 15) is 14.7 Å². The first-order valence-corrected chi connectivity index (χ1v) is 13.1. The molecule has 0 saturated carbocycles. The molecule has 0 radical (unpaired) electrons. The molecule has 188 valence electrons. The van der Waals surface area contributed by atoms with Crippen LogP contribution in [0.5, 0.6) is 0 Å². The Bertz CT molecular complexity index is 1330. The first-order chi connectivity index (χ1) is 17.4. The molecule has 2 aliphatic rings. The Morgan fingerprint density at radius 2 is 1.94 bits per heavy atom. The predicted octanol–water partition coefficient (Wildman–Crippen LogP) is 3.84. The molecule has 1 fully saturated rings. The number of amides is 1. The van der Waals surface area contributed by atoms with Gasteiger partial charge < -0.3 is 14.7 Å². The summed E-state index contributed by atoms with van der Waals surface area (Å²) in [6.45, 7) is 4.29. The number of nitrogens with zero attached hydrogens (tertiary/aromatic N) is 5. The molecule has 0 spiro atoms. The van der Waals surface area contributed by atoms with E-state index in [2.05, 4.69) is 16.3 Å². The minimum Gasteiger partial charge on any atom is -0.481 e. The predicted molar refractivity (Wildman–Crippen MR) is 136 cm³/mol. The fraction of sp³-hybridized carbons (Fsp3) is 0.400. The summed E-state index contributed by atoms with van der Waals surface area (Å²) >= 11 is 8.17. The smallest absolute Gasteiger partial charge is 0.303 e. The second-order valence-corrected chi connectivity index (χ2v) is 10.3. The summed E-state index contributed by atoms with van der Waals surface area (Å²) in [6, 6.07) is 9.08. The van der Waals surface area contributed by atoms with E-state index in [1.165, 1.54) is 0 Å². The van der Waals surface area contributed by atoms with Crippen LogP contribution in [0.1, 0.15) is 53.0 Å². The lowest BCUT2D eigenvalue weighted by atomic mass is 10.0. The number of aliphatic imine (C=N–C) groups is 1. The zero-order chi connectivity index (χ0) is 25.2. The van der Waals surface area contributed by atoms with Crippen molar-refractivity contribution in [2.75, 3.05) is 26.3 Å². The number of benzene rings is 1. The van der Waals surface area contributed by atoms with Crippen molar-refractivity contribution >= 4 is 40.5 Å². The number of morpholine rings is 1. The van der Waals surface area contributed by atoms with Crippen LogP contribution in [0.4, 0.5) is 0 Å². The summed E-state index contributed by atoms with van der Waals surface area (Å²) in [5.41, 5.74) is 2.34. The fourth-order valence-electron chi connectivity index (χ4n) is 4.54. The van der Waals surface area contributed by atoms with E-state index in [1.54, 1.807) is 11.3 Å². The van der Waals surface area contributed by atoms with Gasteiger partial charge in [-0.25, -0.2) is 0 Å². The van der Waals surface area contributed by atoms with Crippen LogP contribution in [-0.4, -0.2) is 68.7 Å². The average molecular weight is 528 g/mol. The number of hydrogen-bond acceptors (Lipinski definition) is 7. The molecule has 1 atom stereocenters. The third kappa shape index (κ3) is 4.93. The van der Waals surface area contributed by atoms with Gasteiger partial charge in [0.05, 0.1) is 18.9 Å². The van der Waals surface area contributed by atoms with Crippen molar-refractivity contribution in [1.82, 2.24) is 19.7 Å². The maximum Gasteiger partial charge on any atom is 0.303 e. The van der Waals surface area contributed by atoms with E-state index in [0.29, 0.717) is 61.5 Å². The number of carbonyl (C=O) groups is 2. The van der Waals surface area contributed by atoms with E-state index >= 15 is 0 Å². The molecule has 0 aliphatic carbocycles. The van der Waals surface area contributed by atoms with Gasteiger partial charge in [-0.15, -0.1) is 21.5 Å². The Morgan fingerprint density at radius 1 is 1.17 bits per heavy atom. The van der Waals surface area contributed by atoms with Crippen molar-refractivity contribution in [2.24, 2.45) is 4.99 Å². The maximum atomic E-state index is 12.7. The van der Waals surface area contributed by atoms with E-state index in [4.69, 9.17) is 21.3 Å². The van der Waals surface area contributed by atoms with Crippen LogP contribution < -0.4 is 0 Å². The van der Waals surface area contributed by atoms with E-state index < -0.39 is 12.0 Å². The minimum absolute atomic E-state index is 0.0432. The molecule has 36 heavy (non-hydrogen) atoms. The largest absolute Gasteiger partial charge is 0.481 e. The van der Waals surface area contributed by atoms with Gasteiger partial charge in [-0.05, 0) is 31.9 Å². The second kappa shape index (κ2) is 10.5. The monoisotopic (exact) mass is 527 g/mol. The lowest BCUT2D eigenvalue weighted by Crippen LogP contribution is -2.40. The molecular formula is C25H26ClN5O4S. The number of thiophene rings is 1. The van der Waals surface area contributed by atoms with Gasteiger partial charge in [0.15, 0.2) is 5.82 Å². The Hall–Kier alpha value is -3.08. The van der Waals surface area contributed by atoms with Gasteiger partial charge in [0.2, 0.25) is 5.91 Å². The number of halogens is 1. The molecule has 1 aromatic carbocycles. The van der Waals surface area contributed by atoms with Crippen LogP contribution in [0.15, 0.2) is 35.3 Å². The number of fused-ring (bicyclic) bond motifs is 3. The maximum absolute atomic E-state index is 12.7. The summed E-state index contributed by atoms with van der Waals surface area (Å²) in [7, 11) is 0. The van der Waals surface area contributed by atoms with Crippen molar-refractivity contribution in [3.8, 4) is 5.00 Å². The number of ether oxygens (including phenoxy) is 1. The summed E-state index contributed by atoms with van der Waals surface area (Å²) in [6.07, 6.45) is 1.26. The SMILES string of the molecule is Cc1nnc2n1-c1sc(CCC(=O)N3CCOCC3)cc1C(c1ccccc1Cl)=NC2CCC(=O)O. The topological polar surface area (TPSA) is 110 Å². The van der Waals surface area contributed by atoms with Crippen LogP contribution in [-0.2, 0) is 20.7 Å². The van der Waals surface area contributed by atoms with Gasteiger partial charge >= 0.3 is 5.97 Å².